The minimum Gasteiger partial charge on any atom is -0.336 e. The van der Waals surface area contributed by atoms with Crippen molar-refractivity contribution in [1.82, 2.24) is 10.2 Å². The summed E-state index contributed by atoms with van der Waals surface area (Å²) in [7, 11) is 0. The van der Waals surface area contributed by atoms with Crippen molar-refractivity contribution in [2.45, 2.75) is 25.8 Å². The van der Waals surface area contributed by atoms with Gasteiger partial charge in [-0.25, -0.2) is 0 Å². The van der Waals surface area contributed by atoms with Crippen molar-refractivity contribution in [2.75, 3.05) is 19.6 Å². The third-order valence-electron chi connectivity index (χ3n) is 3.68. The summed E-state index contributed by atoms with van der Waals surface area (Å²) in [5.74, 6) is -0.0469. The van der Waals surface area contributed by atoms with Gasteiger partial charge in [-0.05, 0) is 45.0 Å². The zero-order chi connectivity index (χ0) is 14.5. The number of hydrogen-bond donors (Lipinski definition) is 1. The molecule has 1 N–H and O–H groups in total. The summed E-state index contributed by atoms with van der Waals surface area (Å²) in [6.45, 7) is 4.47. The lowest BCUT2D eigenvalue weighted by Gasteiger charge is -2.34. The van der Waals surface area contributed by atoms with Crippen LogP contribution < -0.4 is 5.32 Å². The molecule has 0 radical (unpaired) electrons. The average molecular weight is 277 g/mol. The molecule has 0 bridgehead atoms. The minimum atomic E-state index is -0.460. The van der Waals surface area contributed by atoms with Gasteiger partial charge >= 0.3 is 0 Å². The molecule has 0 saturated carbocycles. The molecule has 1 aromatic rings. The lowest BCUT2D eigenvalue weighted by Crippen LogP contribution is -2.46. The monoisotopic (exact) mass is 277 g/mol. The molecule has 0 aliphatic carbocycles. The van der Waals surface area contributed by atoms with E-state index >= 15 is 0 Å². The summed E-state index contributed by atoms with van der Waals surface area (Å²) in [4.78, 5) is 24.5. The van der Waals surface area contributed by atoms with Crippen LogP contribution in [0.25, 0.3) is 0 Å². The predicted molar refractivity (Wildman–Crippen MR) is 75.7 cm³/mol. The van der Waals surface area contributed by atoms with E-state index in [2.05, 4.69) is 5.32 Å². The number of non-ortho nitro benzene ring substituents is 1. The van der Waals surface area contributed by atoms with Crippen LogP contribution in [0, 0.1) is 10.1 Å². The summed E-state index contributed by atoms with van der Waals surface area (Å²) in [5, 5.41) is 13.9. The number of carbonyl (C=O) groups is 1. The van der Waals surface area contributed by atoms with Gasteiger partial charge in [0.25, 0.3) is 11.6 Å². The van der Waals surface area contributed by atoms with Gasteiger partial charge in [0.1, 0.15) is 0 Å². The molecule has 6 nitrogen and oxygen atoms in total. The highest BCUT2D eigenvalue weighted by Crippen LogP contribution is 2.18. The summed E-state index contributed by atoms with van der Waals surface area (Å²) in [6.07, 6.45) is 1.90. The van der Waals surface area contributed by atoms with Gasteiger partial charge in [-0.3, -0.25) is 14.9 Å². The standard InChI is InChI=1S/C14H19N3O3/c1-2-16(12-7-9-15-10-8-12)14(18)11-3-5-13(6-4-11)17(19)20/h3-6,12,15H,2,7-10H2,1H3. The number of nitrogens with one attached hydrogen (secondary N) is 1. The van der Waals surface area contributed by atoms with E-state index in [-0.39, 0.29) is 17.6 Å². The Balaban J connectivity index is 2.13. The van der Waals surface area contributed by atoms with Crippen LogP contribution in [-0.2, 0) is 0 Å². The lowest BCUT2D eigenvalue weighted by molar-refractivity contribution is -0.384. The predicted octanol–water partition coefficient (Wildman–Crippen LogP) is 1.81. The Morgan fingerprint density at radius 2 is 1.95 bits per heavy atom. The van der Waals surface area contributed by atoms with Crippen molar-refractivity contribution < 1.29 is 9.72 Å². The van der Waals surface area contributed by atoms with Crippen LogP contribution in [0.15, 0.2) is 24.3 Å². The first-order chi connectivity index (χ1) is 9.63. The Morgan fingerprint density at radius 3 is 2.45 bits per heavy atom. The average Bonchev–Trinajstić information content (AvgIpc) is 2.49. The zero-order valence-corrected chi connectivity index (χ0v) is 11.5. The zero-order valence-electron chi connectivity index (χ0n) is 11.5. The Kier molecular flexibility index (Phi) is 4.68. The van der Waals surface area contributed by atoms with E-state index in [4.69, 9.17) is 0 Å². The van der Waals surface area contributed by atoms with E-state index < -0.39 is 4.92 Å². The summed E-state index contributed by atoms with van der Waals surface area (Å²) >= 11 is 0. The molecule has 1 aromatic carbocycles. The van der Waals surface area contributed by atoms with Crippen LogP contribution >= 0.6 is 0 Å². The number of nitro groups is 1. The molecule has 1 aliphatic rings. The quantitative estimate of drug-likeness (QED) is 0.672. The first kappa shape index (κ1) is 14.5. The molecule has 0 spiro atoms. The minimum absolute atomic E-state index is 0.00599. The Labute approximate surface area is 117 Å². The van der Waals surface area contributed by atoms with Crippen molar-refractivity contribution in [3.63, 3.8) is 0 Å². The summed E-state index contributed by atoms with van der Waals surface area (Å²) in [6, 6.07) is 6.07. The van der Waals surface area contributed by atoms with Gasteiger partial charge < -0.3 is 10.2 Å². The highest BCUT2D eigenvalue weighted by atomic mass is 16.6. The van der Waals surface area contributed by atoms with Crippen LogP contribution in [0.4, 0.5) is 5.69 Å². The van der Waals surface area contributed by atoms with Crippen LogP contribution in [-0.4, -0.2) is 41.4 Å². The number of amides is 1. The number of nitrogens with zero attached hydrogens (tertiary/aromatic N) is 2. The van der Waals surface area contributed by atoms with Crippen molar-refractivity contribution in [3.05, 3.63) is 39.9 Å². The molecule has 2 rings (SSSR count). The number of piperidine rings is 1. The molecule has 20 heavy (non-hydrogen) atoms. The second-order valence-corrected chi connectivity index (χ2v) is 4.88. The summed E-state index contributed by atoms with van der Waals surface area (Å²) < 4.78 is 0. The smallest absolute Gasteiger partial charge is 0.269 e. The van der Waals surface area contributed by atoms with Gasteiger partial charge in [-0.15, -0.1) is 0 Å². The van der Waals surface area contributed by atoms with Gasteiger partial charge in [-0.2, -0.15) is 0 Å². The SMILES string of the molecule is CCN(C(=O)c1ccc([N+](=O)[O-])cc1)C1CCNCC1. The molecule has 0 atom stereocenters. The number of rotatable bonds is 4. The van der Waals surface area contributed by atoms with Gasteiger partial charge in [0, 0.05) is 30.3 Å². The van der Waals surface area contributed by atoms with E-state index in [1.54, 1.807) is 0 Å². The van der Waals surface area contributed by atoms with Crippen molar-refractivity contribution in [1.29, 1.82) is 0 Å². The number of carbonyl (C=O) groups excluding carboxylic acids is 1. The molecule has 1 aliphatic heterocycles. The van der Waals surface area contributed by atoms with Crippen LogP contribution in [0.3, 0.4) is 0 Å². The molecule has 0 unspecified atom stereocenters. The molecule has 1 saturated heterocycles. The maximum atomic E-state index is 12.5. The van der Waals surface area contributed by atoms with Gasteiger partial charge in [-0.1, -0.05) is 0 Å². The topological polar surface area (TPSA) is 75.5 Å². The van der Waals surface area contributed by atoms with Crippen LogP contribution in [0.5, 0.6) is 0 Å². The van der Waals surface area contributed by atoms with Crippen molar-refractivity contribution in [3.8, 4) is 0 Å². The molecule has 1 heterocycles. The fourth-order valence-corrected chi connectivity index (χ4v) is 2.58. The molecular formula is C14H19N3O3. The highest BCUT2D eigenvalue weighted by molar-refractivity contribution is 5.94. The maximum Gasteiger partial charge on any atom is 0.269 e. The van der Waals surface area contributed by atoms with E-state index in [1.807, 2.05) is 11.8 Å². The first-order valence-corrected chi connectivity index (χ1v) is 6.89. The largest absolute Gasteiger partial charge is 0.336 e. The molecule has 1 amide bonds. The fraction of sp³-hybridized carbons (Fsp3) is 0.500. The van der Waals surface area contributed by atoms with Crippen LogP contribution in [0.2, 0.25) is 0 Å². The maximum absolute atomic E-state index is 12.5. The fourth-order valence-electron chi connectivity index (χ4n) is 2.58. The van der Waals surface area contributed by atoms with E-state index in [0.29, 0.717) is 12.1 Å². The van der Waals surface area contributed by atoms with Gasteiger partial charge in [0.2, 0.25) is 0 Å². The molecule has 1 fully saturated rings. The van der Waals surface area contributed by atoms with E-state index in [1.165, 1.54) is 24.3 Å². The number of hydrogen-bond acceptors (Lipinski definition) is 4. The second-order valence-electron chi connectivity index (χ2n) is 4.88. The molecule has 0 aromatic heterocycles. The normalized spacial score (nSPS) is 15.8. The molecular weight excluding hydrogens is 258 g/mol. The third-order valence-corrected chi connectivity index (χ3v) is 3.68. The van der Waals surface area contributed by atoms with E-state index in [9.17, 15) is 14.9 Å². The third kappa shape index (κ3) is 3.14. The second kappa shape index (κ2) is 6.47. The number of nitro benzene ring substituents is 1. The van der Waals surface area contributed by atoms with E-state index in [0.717, 1.165) is 25.9 Å². The molecule has 108 valence electrons. The molecule has 6 heteroatoms. The van der Waals surface area contributed by atoms with Gasteiger partial charge in [0.15, 0.2) is 0 Å². The van der Waals surface area contributed by atoms with Crippen molar-refractivity contribution in [2.24, 2.45) is 0 Å². The van der Waals surface area contributed by atoms with Crippen molar-refractivity contribution >= 4 is 11.6 Å². The van der Waals surface area contributed by atoms with Gasteiger partial charge in [0.05, 0.1) is 4.92 Å². The Morgan fingerprint density at radius 1 is 1.35 bits per heavy atom. The highest BCUT2D eigenvalue weighted by Gasteiger charge is 2.25. The summed E-state index contributed by atoms with van der Waals surface area (Å²) in [5.41, 5.74) is 0.516. The van der Waals surface area contributed by atoms with Crippen LogP contribution in [0.1, 0.15) is 30.1 Å². The Hall–Kier alpha value is -1.95. The Bertz CT molecular complexity index is 481. The lowest BCUT2D eigenvalue weighted by atomic mass is 10.0. The first-order valence-electron chi connectivity index (χ1n) is 6.89. The number of benzene rings is 1.